The van der Waals surface area contributed by atoms with E-state index in [2.05, 4.69) is 44.2 Å². The molecule has 0 saturated carbocycles. The molecule has 0 N–H and O–H groups in total. The molecule has 0 aliphatic carbocycles. The van der Waals surface area contributed by atoms with Crippen molar-refractivity contribution < 1.29 is 9.47 Å². The van der Waals surface area contributed by atoms with E-state index in [4.69, 9.17) is 14.5 Å². The van der Waals surface area contributed by atoms with Crippen molar-refractivity contribution in [3.63, 3.8) is 0 Å². The summed E-state index contributed by atoms with van der Waals surface area (Å²) < 4.78 is 13.0. The molecule has 4 rings (SSSR count). The first-order chi connectivity index (χ1) is 15.5. The Kier molecular flexibility index (Phi) is 6.42. The number of nitrogens with zero attached hydrogens (tertiary/aromatic N) is 7. The summed E-state index contributed by atoms with van der Waals surface area (Å²) in [6.45, 7) is 9.49. The van der Waals surface area contributed by atoms with Crippen LogP contribution < -0.4 is 14.4 Å². The molecule has 1 aliphatic rings. The van der Waals surface area contributed by atoms with Crippen molar-refractivity contribution in [3.8, 4) is 17.6 Å². The van der Waals surface area contributed by atoms with Gasteiger partial charge in [0.1, 0.15) is 28.9 Å². The highest BCUT2D eigenvalue weighted by molar-refractivity contribution is 5.70. The molecule has 168 valence electrons. The molecular formula is C23H29N7O2. The number of imidazole rings is 1. The van der Waals surface area contributed by atoms with Crippen LogP contribution >= 0.6 is 0 Å². The van der Waals surface area contributed by atoms with Gasteiger partial charge in [0.05, 0.1) is 32.6 Å². The zero-order valence-corrected chi connectivity index (χ0v) is 19.1. The van der Waals surface area contributed by atoms with Crippen molar-refractivity contribution >= 4 is 16.9 Å². The molecule has 1 fully saturated rings. The first-order valence-electron chi connectivity index (χ1n) is 10.8. The van der Waals surface area contributed by atoms with Gasteiger partial charge in [-0.3, -0.25) is 4.90 Å². The van der Waals surface area contributed by atoms with E-state index in [1.807, 2.05) is 18.2 Å². The highest BCUT2D eigenvalue weighted by Gasteiger charge is 2.23. The number of ether oxygens (including phenoxy) is 2. The van der Waals surface area contributed by atoms with Crippen molar-refractivity contribution in [2.75, 3.05) is 45.3 Å². The van der Waals surface area contributed by atoms with Gasteiger partial charge in [-0.05, 0) is 18.1 Å². The fourth-order valence-corrected chi connectivity index (χ4v) is 4.09. The van der Waals surface area contributed by atoms with Gasteiger partial charge in [0.2, 0.25) is 5.82 Å². The second-order valence-corrected chi connectivity index (χ2v) is 8.35. The van der Waals surface area contributed by atoms with Crippen LogP contribution in [0.15, 0.2) is 24.4 Å². The zero-order chi connectivity index (χ0) is 22.7. The van der Waals surface area contributed by atoms with Gasteiger partial charge >= 0.3 is 0 Å². The van der Waals surface area contributed by atoms with Crippen LogP contribution in [0.25, 0.3) is 11.2 Å². The van der Waals surface area contributed by atoms with Gasteiger partial charge in [0.15, 0.2) is 5.65 Å². The SMILES string of the molecule is COc1ccc(N2CCN(Cc3nc4cnc(C#N)nc4n3CC(C)C)CC2)c(OC)c1. The molecule has 1 aromatic carbocycles. The minimum absolute atomic E-state index is 0.177. The number of rotatable bonds is 7. The maximum absolute atomic E-state index is 9.19. The van der Waals surface area contributed by atoms with Crippen LogP contribution in [0.5, 0.6) is 11.5 Å². The van der Waals surface area contributed by atoms with Gasteiger partial charge in [-0.25, -0.2) is 9.97 Å². The molecule has 1 aliphatic heterocycles. The van der Waals surface area contributed by atoms with Crippen molar-refractivity contribution in [3.05, 3.63) is 36.0 Å². The lowest BCUT2D eigenvalue weighted by Gasteiger charge is -2.36. The van der Waals surface area contributed by atoms with Gasteiger partial charge in [0, 0.05) is 38.8 Å². The monoisotopic (exact) mass is 435 g/mol. The summed E-state index contributed by atoms with van der Waals surface area (Å²) in [6.07, 6.45) is 1.65. The van der Waals surface area contributed by atoms with Crippen LogP contribution in [0, 0.1) is 17.2 Å². The molecule has 1 saturated heterocycles. The van der Waals surface area contributed by atoms with Gasteiger partial charge in [0.25, 0.3) is 0 Å². The lowest BCUT2D eigenvalue weighted by Crippen LogP contribution is -2.46. The standard InChI is InChI=1S/C23H29N7O2/c1-16(2)14-30-22(26-18-13-25-21(12-24)27-23(18)30)15-28-7-9-29(10-8-28)19-6-5-17(31-3)11-20(19)32-4/h5-6,11,13,16H,7-10,14-15H2,1-4H3. The summed E-state index contributed by atoms with van der Waals surface area (Å²) in [6, 6.07) is 7.98. The lowest BCUT2D eigenvalue weighted by atomic mass is 10.2. The molecule has 0 spiro atoms. The van der Waals surface area contributed by atoms with Crippen LogP contribution in [0.1, 0.15) is 25.5 Å². The molecular weight excluding hydrogens is 406 g/mol. The number of piperazine rings is 1. The number of hydrogen-bond donors (Lipinski definition) is 0. The summed E-state index contributed by atoms with van der Waals surface area (Å²) in [5, 5.41) is 9.19. The van der Waals surface area contributed by atoms with Crippen molar-refractivity contribution in [1.82, 2.24) is 24.4 Å². The summed E-state index contributed by atoms with van der Waals surface area (Å²) in [4.78, 5) is 18.1. The van der Waals surface area contributed by atoms with Gasteiger partial charge in [-0.2, -0.15) is 10.2 Å². The number of hydrogen-bond acceptors (Lipinski definition) is 8. The quantitative estimate of drug-likeness (QED) is 0.559. The summed E-state index contributed by atoms with van der Waals surface area (Å²) in [7, 11) is 3.35. The van der Waals surface area contributed by atoms with Crippen molar-refractivity contribution in [2.24, 2.45) is 5.92 Å². The molecule has 32 heavy (non-hydrogen) atoms. The van der Waals surface area contributed by atoms with Crippen LogP contribution in [0.2, 0.25) is 0 Å². The fourth-order valence-electron chi connectivity index (χ4n) is 4.09. The number of methoxy groups -OCH3 is 2. The average Bonchev–Trinajstić information content (AvgIpc) is 3.14. The van der Waals surface area contributed by atoms with E-state index in [-0.39, 0.29) is 5.82 Å². The van der Waals surface area contributed by atoms with Crippen LogP contribution in [-0.4, -0.2) is 64.8 Å². The topological polar surface area (TPSA) is 92.3 Å². The Morgan fingerprint density at radius 1 is 1.09 bits per heavy atom. The van der Waals surface area contributed by atoms with Gasteiger partial charge < -0.3 is 18.9 Å². The molecule has 0 amide bonds. The van der Waals surface area contributed by atoms with Crippen LogP contribution in [-0.2, 0) is 13.1 Å². The maximum Gasteiger partial charge on any atom is 0.234 e. The molecule has 0 atom stereocenters. The van der Waals surface area contributed by atoms with E-state index >= 15 is 0 Å². The lowest BCUT2D eigenvalue weighted by molar-refractivity contribution is 0.239. The molecule has 0 bridgehead atoms. The summed E-state index contributed by atoms with van der Waals surface area (Å²) in [5.74, 6) is 3.19. The average molecular weight is 436 g/mol. The predicted octanol–water partition coefficient (Wildman–Crippen LogP) is 2.69. The molecule has 9 heteroatoms. The molecule has 9 nitrogen and oxygen atoms in total. The normalized spacial score (nSPS) is 14.7. The van der Waals surface area contributed by atoms with E-state index < -0.39 is 0 Å². The third-order valence-electron chi connectivity index (χ3n) is 5.68. The summed E-state index contributed by atoms with van der Waals surface area (Å²) >= 11 is 0. The molecule has 2 aromatic heterocycles. The predicted molar refractivity (Wildman–Crippen MR) is 122 cm³/mol. The molecule has 0 unspecified atom stereocenters. The summed E-state index contributed by atoms with van der Waals surface area (Å²) in [5.41, 5.74) is 2.56. The minimum Gasteiger partial charge on any atom is -0.497 e. The van der Waals surface area contributed by atoms with E-state index in [9.17, 15) is 5.26 Å². The highest BCUT2D eigenvalue weighted by Crippen LogP contribution is 2.33. The Morgan fingerprint density at radius 3 is 2.53 bits per heavy atom. The largest absolute Gasteiger partial charge is 0.497 e. The number of nitriles is 1. The third-order valence-corrected chi connectivity index (χ3v) is 5.68. The zero-order valence-electron chi connectivity index (χ0n) is 19.1. The fraction of sp³-hybridized carbons (Fsp3) is 0.478. The highest BCUT2D eigenvalue weighted by atomic mass is 16.5. The maximum atomic E-state index is 9.19. The van der Waals surface area contributed by atoms with Gasteiger partial charge in [-0.1, -0.05) is 13.8 Å². The third kappa shape index (κ3) is 4.46. The first-order valence-corrected chi connectivity index (χ1v) is 10.8. The number of fused-ring (bicyclic) bond motifs is 1. The minimum atomic E-state index is 0.177. The van der Waals surface area contributed by atoms with Crippen molar-refractivity contribution in [2.45, 2.75) is 26.9 Å². The van der Waals surface area contributed by atoms with Crippen molar-refractivity contribution in [1.29, 1.82) is 5.26 Å². The molecule has 3 heterocycles. The molecule has 3 aromatic rings. The molecule has 0 radical (unpaired) electrons. The first kappa shape index (κ1) is 21.8. The number of benzene rings is 1. The van der Waals surface area contributed by atoms with E-state index in [1.165, 1.54) is 0 Å². The van der Waals surface area contributed by atoms with E-state index in [0.717, 1.165) is 73.4 Å². The van der Waals surface area contributed by atoms with E-state index in [0.29, 0.717) is 5.92 Å². The Morgan fingerprint density at radius 2 is 1.88 bits per heavy atom. The van der Waals surface area contributed by atoms with Crippen LogP contribution in [0.4, 0.5) is 5.69 Å². The Hall–Kier alpha value is -3.38. The smallest absolute Gasteiger partial charge is 0.234 e. The Labute approximate surface area is 188 Å². The van der Waals surface area contributed by atoms with Gasteiger partial charge in [-0.15, -0.1) is 0 Å². The number of anilines is 1. The second kappa shape index (κ2) is 9.40. The second-order valence-electron chi connectivity index (χ2n) is 8.35. The van der Waals surface area contributed by atoms with E-state index in [1.54, 1.807) is 20.4 Å². The number of aromatic nitrogens is 4. The Balaban J connectivity index is 1.50. The Bertz CT molecular complexity index is 1130. The van der Waals surface area contributed by atoms with Crippen LogP contribution in [0.3, 0.4) is 0 Å².